The molecular formula is C24H24N2O5. The highest BCUT2D eigenvalue weighted by Gasteiger charge is 2.64. The van der Waals surface area contributed by atoms with Crippen LogP contribution in [0.3, 0.4) is 0 Å². The van der Waals surface area contributed by atoms with Crippen LogP contribution in [0.4, 0.5) is 0 Å². The smallest absolute Gasteiger partial charge is 0.312 e. The third kappa shape index (κ3) is 4.09. The number of fused-ring (bicyclic) bond motifs is 1. The SMILES string of the molecule is COC(=O)[C@@]1(Cc2ccc(OCc3cc(C)nc4ccccc34)cc2)CC1C(=O)NO. The number of hydrogen-bond donors (Lipinski definition) is 2. The van der Waals surface area contributed by atoms with Gasteiger partial charge in [0.25, 0.3) is 0 Å². The van der Waals surface area contributed by atoms with Crippen LogP contribution < -0.4 is 10.2 Å². The Morgan fingerprint density at radius 2 is 1.94 bits per heavy atom. The summed E-state index contributed by atoms with van der Waals surface area (Å²) in [6, 6.07) is 17.4. The maximum absolute atomic E-state index is 12.3. The number of nitrogens with zero attached hydrogens (tertiary/aromatic N) is 1. The second-order valence-electron chi connectivity index (χ2n) is 7.93. The molecule has 1 saturated carbocycles. The first kappa shape index (κ1) is 20.8. The van der Waals surface area contributed by atoms with Gasteiger partial charge < -0.3 is 9.47 Å². The van der Waals surface area contributed by atoms with Crippen LogP contribution >= 0.6 is 0 Å². The first-order chi connectivity index (χ1) is 15.0. The molecule has 7 heteroatoms. The van der Waals surface area contributed by atoms with E-state index in [0.717, 1.165) is 27.7 Å². The molecule has 3 aromatic rings. The second kappa shape index (κ2) is 8.35. The number of para-hydroxylation sites is 1. The van der Waals surface area contributed by atoms with E-state index in [9.17, 15) is 9.59 Å². The number of aryl methyl sites for hydroxylation is 1. The number of carbonyl (C=O) groups is 2. The van der Waals surface area contributed by atoms with Gasteiger partial charge in [0.15, 0.2) is 0 Å². The molecule has 0 aliphatic heterocycles. The second-order valence-corrected chi connectivity index (χ2v) is 7.93. The molecule has 4 rings (SSSR count). The molecular weight excluding hydrogens is 396 g/mol. The van der Waals surface area contributed by atoms with Gasteiger partial charge in [0.1, 0.15) is 12.4 Å². The minimum absolute atomic E-state index is 0.346. The van der Waals surface area contributed by atoms with Crippen molar-refractivity contribution in [3.05, 3.63) is 71.4 Å². The molecule has 0 radical (unpaired) electrons. The van der Waals surface area contributed by atoms with Crippen molar-refractivity contribution in [2.75, 3.05) is 7.11 Å². The molecule has 1 fully saturated rings. The Morgan fingerprint density at radius 1 is 1.19 bits per heavy atom. The summed E-state index contributed by atoms with van der Waals surface area (Å²) in [5, 5.41) is 9.96. The van der Waals surface area contributed by atoms with E-state index < -0.39 is 23.2 Å². The van der Waals surface area contributed by atoms with Crippen LogP contribution in [0, 0.1) is 18.3 Å². The van der Waals surface area contributed by atoms with Crippen LogP contribution in [0.5, 0.6) is 5.75 Å². The Balaban J connectivity index is 1.46. The standard InChI is InChI=1S/C24H24N2O5/c1-15-11-17(19-5-3-4-6-21(19)25-15)14-31-18-9-7-16(8-10-18)12-24(23(28)30-2)13-20(24)22(27)26-29/h3-11,20,29H,12-14H2,1-2H3,(H,26,27)/t20?,24-/m0/s1. The molecule has 160 valence electrons. The van der Waals surface area contributed by atoms with Crippen molar-refractivity contribution in [1.82, 2.24) is 10.5 Å². The number of carbonyl (C=O) groups excluding carboxylic acids is 2. The number of benzene rings is 2. The zero-order valence-corrected chi connectivity index (χ0v) is 17.4. The molecule has 0 spiro atoms. The van der Waals surface area contributed by atoms with E-state index in [4.69, 9.17) is 14.7 Å². The van der Waals surface area contributed by atoms with Crippen molar-refractivity contribution < 1.29 is 24.3 Å². The van der Waals surface area contributed by atoms with E-state index in [1.54, 1.807) is 5.48 Å². The summed E-state index contributed by atoms with van der Waals surface area (Å²) in [5.41, 5.74) is 4.53. The molecule has 1 aromatic heterocycles. The molecule has 31 heavy (non-hydrogen) atoms. The summed E-state index contributed by atoms with van der Waals surface area (Å²) in [6.45, 7) is 2.37. The first-order valence-electron chi connectivity index (χ1n) is 10.1. The lowest BCUT2D eigenvalue weighted by Gasteiger charge is -2.15. The fourth-order valence-electron chi connectivity index (χ4n) is 4.17. The molecule has 0 saturated heterocycles. The van der Waals surface area contributed by atoms with E-state index >= 15 is 0 Å². The number of nitrogens with one attached hydrogen (secondary N) is 1. The maximum atomic E-state index is 12.3. The molecule has 0 bridgehead atoms. The summed E-state index contributed by atoms with van der Waals surface area (Å²) in [4.78, 5) is 28.6. The largest absolute Gasteiger partial charge is 0.489 e. The summed E-state index contributed by atoms with van der Waals surface area (Å²) >= 11 is 0. The van der Waals surface area contributed by atoms with Crippen molar-refractivity contribution in [2.24, 2.45) is 11.3 Å². The number of rotatable bonds is 7. The molecule has 1 unspecified atom stereocenters. The lowest BCUT2D eigenvalue weighted by atomic mass is 9.93. The summed E-state index contributed by atoms with van der Waals surface area (Å²) in [5.74, 6) is -0.898. The average Bonchev–Trinajstić information content (AvgIpc) is 3.52. The van der Waals surface area contributed by atoms with Crippen LogP contribution in [-0.2, 0) is 27.4 Å². The van der Waals surface area contributed by atoms with Gasteiger partial charge in [-0.25, -0.2) is 5.48 Å². The Morgan fingerprint density at radius 3 is 2.65 bits per heavy atom. The van der Waals surface area contributed by atoms with Gasteiger partial charge in [-0.2, -0.15) is 0 Å². The third-order valence-corrected chi connectivity index (χ3v) is 5.86. The third-order valence-electron chi connectivity index (χ3n) is 5.86. The molecule has 1 heterocycles. The van der Waals surface area contributed by atoms with Gasteiger partial charge in [-0.1, -0.05) is 30.3 Å². The topological polar surface area (TPSA) is 97.8 Å². The molecule has 1 aliphatic carbocycles. The zero-order chi connectivity index (χ0) is 22.0. The van der Waals surface area contributed by atoms with Crippen LogP contribution in [0.25, 0.3) is 10.9 Å². The van der Waals surface area contributed by atoms with Gasteiger partial charge in [-0.15, -0.1) is 0 Å². The van der Waals surface area contributed by atoms with Crippen molar-refractivity contribution in [2.45, 2.75) is 26.4 Å². The number of hydroxylamine groups is 1. The van der Waals surface area contributed by atoms with Gasteiger partial charge in [-0.05, 0) is 49.6 Å². The molecule has 1 amide bonds. The molecule has 2 atom stereocenters. The number of hydrogen-bond acceptors (Lipinski definition) is 6. The van der Waals surface area contributed by atoms with Gasteiger partial charge >= 0.3 is 5.97 Å². The monoisotopic (exact) mass is 420 g/mol. The summed E-state index contributed by atoms with van der Waals surface area (Å²) < 4.78 is 10.9. The van der Waals surface area contributed by atoms with Crippen LogP contribution in [0.1, 0.15) is 23.2 Å². The van der Waals surface area contributed by atoms with Gasteiger partial charge in [0, 0.05) is 16.6 Å². The van der Waals surface area contributed by atoms with Crippen LogP contribution in [0.15, 0.2) is 54.6 Å². The lowest BCUT2D eigenvalue weighted by molar-refractivity contribution is -0.149. The van der Waals surface area contributed by atoms with E-state index in [1.165, 1.54) is 7.11 Å². The number of methoxy groups -OCH3 is 1. The Labute approximate surface area is 180 Å². The van der Waals surface area contributed by atoms with Crippen molar-refractivity contribution in [3.63, 3.8) is 0 Å². The minimum atomic E-state index is -0.933. The minimum Gasteiger partial charge on any atom is -0.489 e. The number of pyridine rings is 1. The van der Waals surface area contributed by atoms with E-state index in [2.05, 4.69) is 4.98 Å². The number of ether oxygens (including phenoxy) is 2. The fraction of sp³-hybridized carbons (Fsp3) is 0.292. The predicted molar refractivity (Wildman–Crippen MR) is 113 cm³/mol. The van der Waals surface area contributed by atoms with Crippen molar-refractivity contribution in [1.29, 1.82) is 0 Å². The highest BCUT2D eigenvalue weighted by Crippen LogP contribution is 2.55. The van der Waals surface area contributed by atoms with Gasteiger partial charge in [0.2, 0.25) is 5.91 Å². The van der Waals surface area contributed by atoms with E-state index in [-0.39, 0.29) is 0 Å². The Bertz CT molecular complexity index is 1130. The molecule has 2 N–H and O–H groups in total. The quantitative estimate of drug-likeness (QED) is 0.346. The van der Waals surface area contributed by atoms with E-state index in [0.29, 0.717) is 25.2 Å². The van der Waals surface area contributed by atoms with Crippen molar-refractivity contribution in [3.8, 4) is 5.75 Å². The summed E-state index contributed by atoms with van der Waals surface area (Å²) in [7, 11) is 1.30. The normalized spacial score (nSPS) is 19.6. The van der Waals surface area contributed by atoms with Crippen LogP contribution in [-0.4, -0.2) is 29.2 Å². The van der Waals surface area contributed by atoms with Crippen LogP contribution in [0.2, 0.25) is 0 Å². The summed E-state index contributed by atoms with van der Waals surface area (Å²) in [6.07, 6.45) is 0.699. The molecule has 7 nitrogen and oxygen atoms in total. The Kier molecular flexibility index (Phi) is 5.61. The molecule has 1 aliphatic rings. The Hall–Kier alpha value is -3.45. The predicted octanol–water partition coefficient (Wildman–Crippen LogP) is 3.35. The van der Waals surface area contributed by atoms with E-state index in [1.807, 2.05) is 61.5 Å². The highest BCUT2D eigenvalue weighted by atomic mass is 16.5. The lowest BCUT2D eigenvalue weighted by Crippen LogP contribution is -2.30. The van der Waals surface area contributed by atoms with Crippen molar-refractivity contribution >= 4 is 22.8 Å². The van der Waals surface area contributed by atoms with Gasteiger partial charge in [0.05, 0.1) is 24.0 Å². The average molecular weight is 420 g/mol. The maximum Gasteiger partial charge on any atom is 0.312 e. The first-order valence-corrected chi connectivity index (χ1v) is 10.1. The molecule has 2 aromatic carbocycles. The zero-order valence-electron chi connectivity index (χ0n) is 17.4. The fourth-order valence-corrected chi connectivity index (χ4v) is 4.17. The number of amides is 1. The highest BCUT2D eigenvalue weighted by molar-refractivity contribution is 5.93. The number of esters is 1. The van der Waals surface area contributed by atoms with Gasteiger partial charge in [-0.3, -0.25) is 19.8 Å². The number of aromatic nitrogens is 1.